The zero-order valence-corrected chi connectivity index (χ0v) is 15.1. The lowest BCUT2D eigenvalue weighted by atomic mass is 10.1. The maximum absolute atomic E-state index is 12.4. The maximum Gasteiger partial charge on any atom is 0.240 e. The molecule has 0 saturated carbocycles. The third-order valence-corrected chi connectivity index (χ3v) is 5.28. The van der Waals surface area contributed by atoms with E-state index in [9.17, 15) is 8.42 Å². The van der Waals surface area contributed by atoms with Gasteiger partial charge in [-0.1, -0.05) is 73.9 Å². The summed E-state index contributed by atoms with van der Waals surface area (Å²) in [4.78, 5) is 0.295. The van der Waals surface area contributed by atoms with E-state index in [1.165, 1.54) is 12.8 Å². The molecule has 2 aromatic carbocycles. The lowest BCUT2D eigenvalue weighted by Crippen LogP contribution is -2.23. The van der Waals surface area contributed by atoms with Gasteiger partial charge in [0.25, 0.3) is 0 Å². The number of sulfonamides is 1. The van der Waals surface area contributed by atoms with Crippen LogP contribution < -0.4 is 4.72 Å². The molecule has 24 heavy (non-hydrogen) atoms. The van der Waals surface area contributed by atoms with Gasteiger partial charge in [0.2, 0.25) is 10.0 Å². The van der Waals surface area contributed by atoms with Gasteiger partial charge in [-0.25, -0.2) is 13.1 Å². The summed E-state index contributed by atoms with van der Waals surface area (Å²) in [6.45, 7) is 4.39. The minimum atomic E-state index is -3.50. The van der Waals surface area contributed by atoms with Gasteiger partial charge >= 0.3 is 0 Å². The van der Waals surface area contributed by atoms with Crippen molar-refractivity contribution in [2.24, 2.45) is 0 Å². The van der Waals surface area contributed by atoms with Crippen molar-refractivity contribution in [2.75, 3.05) is 0 Å². The molecule has 3 nitrogen and oxygen atoms in total. The second-order valence-corrected chi connectivity index (χ2v) is 7.65. The van der Waals surface area contributed by atoms with Crippen LogP contribution in [0.15, 0.2) is 59.5 Å². The first-order valence-corrected chi connectivity index (χ1v) is 9.82. The minimum absolute atomic E-state index is 0.282. The molecule has 0 atom stereocenters. The van der Waals surface area contributed by atoms with Crippen molar-refractivity contribution < 1.29 is 8.42 Å². The molecule has 0 fully saturated rings. The zero-order valence-electron chi connectivity index (χ0n) is 14.3. The monoisotopic (exact) mass is 343 g/mol. The van der Waals surface area contributed by atoms with E-state index in [2.05, 4.69) is 23.8 Å². The third kappa shape index (κ3) is 5.32. The van der Waals surface area contributed by atoms with Gasteiger partial charge in [0.1, 0.15) is 0 Å². The van der Waals surface area contributed by atoms with Crippen LogP contribution in [0, 0.1) is 6.92 Å². The highest BCUT2D eigenvalue weighted by molar-refractivity contribution is 7.89. The van der Waals surface area contributed by atoms with Crippen LogP contribution in [-0.4, -0.2) is 8.42 Å². The lowest BCUT2D eigenvalue weighted by molar-refractivity contribution is 0.581. The van der Waals surface area contributed by atoms with Crippen LogP contribution in [0.25, 0.3) is 6.08 Å². The molecule has 128 valence electrons. The summed E-state index contributed by atoms with van der Waals surface area (Å²) in [5, 5.41) is 0. The van der Waals surface area contributed by atoms with E-state index >= 15 is 0 Å². The molecule has 4 heteroatoms. The number of rotatable bonds is 8. The Kier molecular flexibility index (Phi) is 6.76. The second kappa shape index (κ2) is 8.81. The molecule has 0 radical (unpaired) electrons. The van der Waals surface area contributed by atoms with Crippen molar-refractivity contribution in [3.63, 3.8) is 0 Å². The maximum atomic E-state index is 12.4. The van der Waals surface area contributed by atoms with Crippen LogP contribution in [-0.2, 0) is 16.6 Å². The molecule has 0 aliphatic heterocycles. The topological polar surface area (TPSA) is 46.2 Å². The Morgan fingerprint density at radius 2 is 1.75 bits per heavy atom. The van der Waals surface area contributed by atoms with E-state index in [-0.39, 0.29) is 6.54 Å². The average Bonchev–Trinajstić information content (AvgIpc) is 2.58. The molecular weight excluding hydrogens is 318 g/mol. The lowest BCUT2D eigenvalue weighted by Gasteiger charge is -2.09. The van der Waals surface area contributed by atoms with E-state index < -0.39 is 10.0 Å². The van der Waals surface area contributed by atoms with Gasteiger partial charge in [0, 0.05) is 6.54 Å². The number of hydrogen-bond donors (Lipinski definition) is 1. The molecular formula is C20H25NO2S. The van der Waals surface area contributed by atoms with Crippen molar-refractivity contribution >= 4 is 16.1 Å². The molecule has 0 bridgehead atoms. The number of hydrogen-bond acceptors (Lipinski definition) is 2. The van der Waals surface area contributed by atoms with Gasteiger partial charge in [0.05, 0.1) is 4.90 Å². The number of aryl methyl sites for hydroxylation is 1. The molecule has 0 unspecified atom stereocenters. The summed E-state index contributed by atoms with van der Waals surface area (Å²) in [5.41, 5.74) is 3.07. The van der Waals surface area contributed by atoms with Crippen LogP contribution in [0.5, 0.6) is 0 Å². The number of allylic oxidation sites excluding steroid dienone is 1. The Morgan fingerprint density at radius 3 is 2.46 bits per heavy atom. The number of unbranched alkanes of at least 4 members (excludes halogenated alkanes) is 2. The quantitative estimate of drug-likeness (QED) is 0.708. The molecule has 0 heterocycles. The molecule has 2 rings (SSSR count). The minimum Gasteiger partial charge on any atom is -0.207 e. The average molecular weight is 343 g/mol. The largest absolute Gasteiger partial charge is 0.240 e. The van der Waals surface area contributed by atoms with Crippen molar-refractivity contribution in [2.45, 2.75) is 44.6 Å². The fourth-order valence-electron chi connectivity index (χ4n) is 2.36. The predicted octanol–water partition coefficient (Wildman–Crippen LogP) is 4.68. The summed E-state index contributed by atoms with van der Waals surface area (Å²) in [6, 6.07) is 14.7. The van der Waals surface area contributed by atoms with Gasteiger partial charge in [-0.2, -0.15) is 0 Å². The van der Waals surface area contributed by atoms with Crippen LogP contribution in [0.3, 0.4) is 0 Å². The van der Waals surface area contributed by atoms with E-state index in [1.54, 1.807) is 24.3 Å². The van der Waals surface area contributed by atoms with Gasteiger partial charge in [-0.3, -0.25) is 0 Å². The summed E-state index contributed by atoms with van der Waals surface area (Å²) in [6.07, 6.45) is 7.60. The van der Waals surface area contributed by atoms with Gasteiger partial charge in [0.15, 0.2) is 0 Å². The standard InChI is InChI=1S/C20H25NO2S/c1-3-4-5-6-9-18-10-7-8-11-19(18)16-21-24(22,23)20-14-12-17(2)13-15-20/h6-15,21H,3-5,16H2,1-2H3/b9-6+. The van der Waals surface area contributed by atoms with Gasteiger partial charge < -0.3 is 0 Å². The number of benzene rings is 2. The Morgan fingerprint density at radius 1 is 1.04 bits per heavy atom. The van der Waals surface area contributed by atoms with Crippen LogP contribution in [0.4, 0.5) is 0 Å². The van der Waals surface area contributed by atoms with Crippen LogP contribution in [0.2, 0.25) is 0 Å². The van der Waals surface area contributed by atoms with Crippen LogP contribution >= 0.6 is 0 Å². The van der Waals surface area contributed by atoms with Crippen molar-refractivity contribution in [1.29, 1.82) is 0 Å². The fraction of sp³-hybridized carbons (Fsp3) is 0.300. The first-order valence-electron chi connectivity index (χ1n) is 8.33. The summed E-state index contributed by atoms with van der Waals surface area (Å²) in [7, 11) is -3.50. The van der Waals surface area contributed by atoms with E-state index in [1.807, 2.05) is 31.2 Å². The summed E-state index contributed by atoms with van der Waals surface area (Å²) >= 11 is 0. The number of nitrogens with one attached hydrogen (secondary N) is 1. The highest BCUT2D eigenvalue weighted by Gasteiger charge is 2.13. The van der Waals surface area contributed by atoms with Gasteiger partial charge in [-0.05, 0) is 36.6 Å². The predicted molar refractivity (Wildman–Crippen MR) is 100 cm³/mol. The normalized spacial score (nSPS) is 11.9. The SMILES string of the molecule is CCCC/C=C/c1ccccc1CNS(=O)(=O)c1ccc(C)cc1. The summed E-state index contributed by atoms with van der Waals surface area (Å²) in [5.74, 6) is 0. The molecule has 0 aromatic heterocycles. The van der Waals surface area contributed by atoms with E-state index in [0.29, 0.717) is 4.90 Å². The van der Waals surface area contributed by atoms with Crippen molar-refractivity contribution in [3.8, 4) is 0 Å². The van der Waals surface area contributed by atoms with Gasteiger partial charge in [-0.15, -0.1) is 0 Å². The Bertz CT molecular complexity index is 778. The first-order chi connectivity index (χ1) is 11.5. The highest BCUT2D eigenvalue weighted by atomic mass is 32.2. The summed E-state index contributed by atoms with van der Waals surface area (Å²) < 4.78 is 27.5. The Hall–Kier alpha value is -1.91. The smallest absolute Gasteiger partial charge is 0.207 e. The van der Waals surface area contributed by atoms with Crippen molar-refractivity contribution in [1.82, 2.24) is 4.72 Å². The van der Waals surface area contributed by atoms with Crippen molar-refractivity contribution in [3.05, 3.63) is 71.3 Å². The molecule has 0 amide bonds. The molecule has 0 saturated heterocycles. The molecule has 0 spiro atoms. The second-order valence-electron chi connectivity index (χ2n) is 5.88. The first kappa shape index (κ1) is 18.4. The van der Waals surface area contributed by atoms with E-state index in [4.69, 9.17) is 0 Å². The zero-order chi connectivity index (χ0) is 17.4. The van der Waals surface area contributed by atoms with E-state index in [0.717, 1.165) is 23.1 Å². The molecule has 2 aromatic rings. The van der Waals surface area contributed by atoms with Crippen LogP contribution in [0.1, 0.15) is 42.9 Å². The Labute approximate surface area is 145 Å². The Balaban J connectivity index is 2.08. The fourth-order valence-corrected chi connectivity index (χ4v) is 3.37. The molecule has 1 N–H and O–H groups in total. The molecule has 0 aliphatic rings. The highest BCUT2D eigenvalue weighted by Crippen LogP contribution is 2.14. The third-order valence-electron chi connectivity index (χ3n) is 3.86. The molecule has 0 aliphatic carbocycles.